The predicted octanol–water partition coefficient (Wildman–Crippen LogP) is 3.80. The maximum absolute atomic E-state index is 5.67. The second-order valence-electron chi connectivity index (χ2n) is 6.08. The van der Waals surface area contributed by atoms with Gasteiger partial charge in [-0.05, 0) is 55.7 Å². The number of benzene rings is 1. The number of hydrogen-bond acceptors (Lipinski definition) is 2. The molecule has 0 saturated heterocycles. The maximum atomic E-state index is 5.67. The van der Waals surface area contributed by atoms with Gasteiger partial charge in [0.25, 0.3) is 0 Å². The van der Waals surface area contributed by atoms with E-state index in [9.17, 15) is 0 Å². The summed E-state index contributed by atoms with van der Waals surface area (Å²) in [5.41, 5.74) is 8.24. The number of rotatable bonds is 4. The SMILES string of the molecule is CCN(c1ccc(CN)cc1)C1CCC(C)C(C)C1. The van der Waals surface area contributed by atoms with Crippen LogP contribution in [0.3, 0.4) is 0 Å². The smallest absolute Gasteiger partial charge is 0.0368 e. The molecule has 0 aliphatic heterocycles. The lowest BCUT2D eigenvalue weighted by atomic mass is 9.78. The fraction of sp³-hybridized carbons (Fsp3) is 0.647. The standard InChI is InChI=1S/C17H28N2/c1-4-19(16-9-6-15(12-18)7-10-16)17-8-5-13(2)14(3)11-17/h6-7,9-10,13-14,17H,4-5,8,11-12,18H2,1-3H3. The molecule has 0 amide bonds. The van der Waals surface area contributed by atoms with E-state index in [1.165, 1.54) is 30.5 Å². The quantitative estimate of drug-likeness (QED) is 0.892. The van der Waals surface area contributed by atoms with Crippen LogP contribution in [-0.2, 0) is 6.54 Å². The van der Waals surface area contributed by atoms with Crippen molar-refractivity contribution in [3.8, 4) is 0 Å². The predicted molar refractivity (Wildman–Crippen MR) is 83.3 cm³/mol. The molecular formula is C17H28N2. The molecule has 0 radical (unpaired) electrons. The van der Waals surface area contributed by atoms with Crippen LogP contribution in [0.1, 0.15) is 45.6 Å². The van der Waals surface area contributed by atoms with Gasteiger partial charge >= 0.3 is 0 Å². The number of hydrogen-bond donors (Lipinski definition) is 1. The van der Waals surface area contributed by atoms with Crippen molar-refractivity contribution in [3.63, 3.8) is 0 Å². The molecule has 1 aromatic rings. The monoisotopic (exact) mass is 260 g/mol. The minimum atomic E-state index is 0.629. The average molecular weight is 260 g/mol. The lowest BCUT2D eigenvalue weighted by molar-refractivity contribution is 0.244. The van der Waals surface area contributed by atoms with Crippen LogP contribution >= 0.6 is 0 Å². The van der Waals surface area contributed by atoms with Crippen molar-refractivity contribution in [3.05, 3.63) is 29.8 Å². The molecule has 2 N–H and O–H groups in total. The van der Waals surface area contributed by atoms with Gasteiger partial charge in [-0.1, -0.05) is 26.0 Å². The van der Waals surface area contributed by atoms with E-state index in [0.29, 0.717) is 12.6 Å². The molecule has 2 heteroatoms. The van der Waals surface area contributed by atoms with E-state index in [1.807, 2.05) is 0 Å². The van der Waals surface area contributed by atoms with Crippen molar-refractivity contribution in [2.75, 3.05) is 11.4 Å². The summed E-state index contributed by atoms with van der Waals surface area (Å²) in [6.45, 7) is 8.78. The largest absolute Gasteiger partial charge is 0.369 e. The highest BCUT2D eigenvalue weighted by Crippen LogP contribution is 2.34. The highest BCUT2D eigenvalue weighted by atomic mass is 15.2. The van der Waals surface area contributed by atoms with Gasteiger partial charge in [-0.2, -0.15) is 0 Å². The molecule has 2 rings (SSSR count). The van der Waals surface area contributed by atoms with E-state index >= 15 is 0 Å². The zero-order valence-corrected chi connectivity index (χ0v) is 12.6. The molecule has 1 saturated carbocycles. The van der Waals surface area contributed by atoms with Crippen LogP contribution in [0.4, 0.5) is 5.69 Å². The molecular weight excluding hydrogens is 232 g/mol. The Hall–Kier alpha value is -1.02. The van der Waals surface area contributed by atoms with E-state index in [0.717, 1.165) is 18.4 Å². The van der Waals surface area contributed by atoms with Crippen molar-refractivity contribution in [2.24, 2.45) is 17.6 Å². The van der Waals surface area contributed by atoms with Crippen LogP contribution in [-0.4, -0.2) is 12.6 Å². The van der Waals surface area contributed by atoms with Crippen LogP contribution in [0.15, 0.2) is 24.3 Å². The van der Waals surface area contributed by atoms with Crippen LogP contribution in [0.2, 0.25) is 0 Å². The van der Waals surface area contributed by atoms with Crippen molar-refractivity contribution >= 4 is 5.69 Å². The Labute approximate surface area is 118 Å². The van der Waals surface area contributed by atoms with Gasteiger partial charge in [0.15, 0.2) is 0 Å². The Balaban J connectivity index is 2.10. The maximum Gasteiger partial charge on any atom is 0.0368 e. The molecule has 3 atom stereocenters. The van der Waals surface area contributed by atoms with Crippen molar-refractivity contribution in [1.29, 1.82) is 0 Å². The first-order chi connectivity index (χ1) is 9.15. The van der Waals surface area contributed by atoms with Gasteiger partial charge < -0.3 is 10.6 Å². The Morgan fingerprint density at radius 2 is 1.79 bits per heavy atom. The highest BCUT2D eigenvalue weighted by Gasteiger charge is 2.28. The molecule has 1 aromatic carbocycles. The minimum absolute atomic E-state index is 0.629. The molecule has 0 heterocycles. The zero-order valence-electron chi connectivity index (χ0n) is 12.6. The van der Waals surface area contributed by atoms with Crippen molar-refractivity contribution in [1.82, 2.24) is 0 Å². The molecule has 106 valence electrons. The van der Waals surface area contributed by atoms with Gasteiger partial charge in [-0.25, -0.2) is 0 Å². The van der Waals surface area contributed by atoms with Crippen LogP contribution in [0.5, 0.6) is 0 Å². The van der Waals surface area contributed by atoms with E-state index in [1.54, 1.807) is 0 Å². The molecule has 1 aliphatic carbocycles. The third-order valence-electron chi connectivity index (χ3n) is 4.86. The molecule has 2 nitrogen and oxygen atoms in total. The Morgan fingerprint density at radius 3 is 2.32 bits per heavy atom. The molecule has 0 spiro atoms. The summed E-state index contributed by atoms with van der Waals surface area (Å²) < 4.78 is 0. The summed E-state index contributed by atoms with van der Waals surface area (Å²) in [4.78, 5) is 2.57. The summed E-state index contributed by atoms with van der Waals surface area (Å²) >= 11 is 0. The summed E-state index contributed by atoms with van der Waals surface area (Å²) in [5.74, 6) is 1.73. The Kier molecular flexibility index (Phi) is 4.87. The molecule has 19 heavy (non-hydrogen) atoms. The Morgan fingerprint density at radius 1 is 1.11 bits per heavy atom. The Bertz CT molecular complexity index is 385. The summed E-state index contributed by atoms with van der Waals surface area (Å²) in [5, 5.41) is 0. The van der Waals surface area contributed by atoms with Gasteiger partial charge in [-0.15, -0.1) is 0 Å². The summed E-state index contributed by atoms with van der Waals surface area (Å²) in [7, 11) is 0. The zero-order chi connectivity index (χ0) is 13.8. The first kappa shape index (κ1) is 14.4. The third kappa shape index (κ3) is 3.30. The summed E-state index contributed by atoms with van der Waals surface area (Å²) in [6, 6.07) is 9.49. The van der Waals surface area contributed by atoms with E-state index in [4.69, 9.17) is 5.73 Å². The normalized spacial score (nSPS) is 27.3. The number of nitrogens with two attached hydrogens (primary N) is 1. The third-order valence-corrected chi connectivity index (χ3v) is 4.86. The fourth-order valence-corrected chi connectivity index (χ4v) is 3.28. The minimum Gasteiger partial charge on any atom is -0.369 e. The van der Waals surface area contributed by atoms with E-state index < -0.39 is 0 Å². The molecule has 3 unspecified atom stereocenters. The van der Waals surface area contributed by atoms with E-state index in [2.05, 4.69) is 49.9 Å². The van der Waals surface area contributed by atoms with Gasteiger partial charge in [0, 0.05) is 24.8 Å². The van der Waals surface area contributed by atoms with Gasteiger partial charge in [0.1, 0.15) is 0 Å². The average Bonchev–Trinajstić information content (AvgIpc) is 2.44. The van der Waals surface area contributed by atoms with Gasteiger partial charge in [-0.3, -0.25) is 0 Å². The highest BCUT2D eigenvalue weighted by molar-refractivity contribution is 5.48. The molecule has 1 fully saturated rings. The summed E-state index contributed by atoms with van der Waals surface area (Å²) in [6.07, 6.45) is 4.02. The fourth-order valence-electron chi connectivity index (χ4n) is 3.28. The van der Waals surface area contributed by atoms with Crippen molar-refractivity contribution in [2.45, 2.75) is 52.6 Å². The first-order valence-corrected chi connectivity index (χ1v) is 7.71. The number of nitrogens with zero attached hydrogens (tertiary/aromatic N) is 1. The lowest BCUT2D eigenvalue weighted by Crippen LogP contribution is -2.40. The van der Waals surface area contributed by atoms with Crippen LogP contribution in [0.25, 0.3) is 0 Å². The van der Waals surface area contributed by atoms with Crippen LogP contribution < -0.4 is 10.6 Å². The van der Waals surface area contributed by atoms with Crippen LogP contribution in [0, 0.1) is 11.8 Å². The topological polar surface area (TPSA) is 29.3 Å². The molecule has 1 aliphatic rings. The molecule has 0 bridgehead atoms. The second-order valence-corrected chi connectivity index (χ2v) is 6.08. The first-order valence-electron chi connectivity index (χ1n) is 7.71. The van der Waals surface area contributed by atoms with Crippen molar-refractivity contribution < 1.29 is 0 Å². The second kappa shape index (κ2) is 6.42. The van der Waals surface area contributed by atoms with Gasteiger partial charge in [0.2, 0.25) is 0 Å². The van der Waals surface area contributed by atoms with E-state index in [-0.39, 0.29) is 0 Å². The number of anilines is 1. The van der Waals surface area contributed by atoms with Gasteiger partial charge in [0.05, 0.1) is 0 Å². The molecule has 0 aromatic heterocycles. The lowest BCUT2D eigenvalue weighted by Gasteiger charge is -2.40.